The summed E-state index contributed by atoms with van der Waals surface area (Å²) in [5.74, 6) is 0.788. The summed E-state index contributed by atoms with van der Waals surface area (Å²) in [6.07, 6.45) is 4.49. The van der Waals surface area contributed by atoms with E-state index in [1.165, 1.54) is 11.8 Å². The number of fused-ring (bicyclic) bond motifs is 1. The van der Waals surface area contributed by atoms with Crippen molar-refractivity contribution < 1.29 is 8.42 Å². The van der Waals surface area contributed by atoms with E-state index in [0.29, 0.717) is 35.9 Å². The molecule has 0 bridgehead atoms. The van der Waals surface area contributed by atoms with Crippen LogP contribution < -0.4 is 10.9 Å². The highest BCUT2D eigenvalue weighted by atomic mass is 32.2. The van der Waals surface area contributed by atoms with Gasteiger partial charge in [0.25, 0.3) is 5.56 Å². The molecule has 35 heavy (non-hydrogen) atoms. The van der Waals surface area contributed by atoms with Crippen LogP contribution in [0.2, 0.25) is 0 Å². The molecule has 1 saturated heterocycles. The Bertz CT molecular complexity index is 1540. The summed E-state index contributed by atoms with van der Waals surface area (Å²) in [5, 5.41) is 4.59. The van der Waals surface area contributed by atoms with E-state index < -0.39 is 10.0 Å². The van der Waals surface area contributed by atoms with E-state index >= 15 is 0 Å². The maximum atomic E-state index is 12.7. The molecule has 0 radical (unpaired) electrons. The molecule has 2 N–H and O–H groups in total. The summed E-state index contributed by atoms with van der Waals surface area (Å²) in [4.78, 5) is 24.7. The van der Waals surface area contributed by atoms with Gasteiger partial charge in [0, 0.05) is 30.7 Å². The number of aromatic amines is 1. The molecule has 0 amide bonds. The van der Waals surface area contributed by atoms with E-state index in [1.54, 1.807) is 10.5 Å². The Morgan fingerprint density at radius 1 is 1.00 bits per heavy atom. The Morgan fingerprint density at radius 3 is 2.43 bits per heavy atom. The Kier molecular flexibility index (Phi) is 6.12. The van der Waals surface area contributed by atoms with Crippen molar-refractivity contribution in [3.05, 3.63) is 82.4 Å². The number of benzene rings is 1. The van der Waals surface area contributed by atoms with Gasteiger partial charge in [0.15, 0.2) is 0 Å². The summed E-state index contributed by atoms with van der Waals surface area (Å²) in [5.41, 5.74) is 4.10. The van der Waals surface area contributed by atoms with Crippen LogP contribution in [0.1, 0.15) is 30.0 Å². The summed E-state index contributed by atoms with van der Waals surface area (Å²) in [7, 11) is -3.14. The highest BCUT2D eigenvalue weighted by Gasteiger charge is 2.25. The molecular formula is C26H27N5O3S. The molecule has 4 aromatic rings. The molecule has 8 nitrogen and oxygen atoms in total. The predicted molar refractivity (Wildman–Crippen MR) is 138 cm³/mol. The molecule has 9 heteroatoms. The van der Waals surface area contributed by atoms with Crippen molar-refractivity contribution in [1.82, 2.24) is 19.3 Å². The van der Waals surface area contributed by atoms with Crippen molar-refractivity contribution in [2.24, 2.45) is 0 Å². The smallest absolute Gasteiger partial charge is 0.259 e. The van der Waals surface area contributed by atoms with Gasteiger partial charge in [0.05, 0.1) is 23.0 Å². The number of H-pyrrole nitrogens is 1. The topological polar surface area (TPSA) is 108 Å². The van der Waals surface area contributed by atoms with E-state index in [-0.39, 0.29) is 5.56 Å². The predicted octanol–water partition coefficient (Wildman–Crippen LogP) is 4.18. The quantitative estimate of drug-likeness (QED) is 0.436. The second kappa shape index (κ2) is 9.24. The molecule has 1 fully saturated rings. The molecule has 3 aromatic heterocycles. The van der Waals surface area contributed by atoms with Gasteiger partial charge in [-0.1, -0.05) is 18.2 Å². The molecule has 1 aromatic carbocycles. The first kappa shape index (κ1) is 23.2. The Labute approximate surface area is 204 Å². The van der Waals surface area contributed by atoms with Gasteiger partial charge in [0.1, 0.15) is 5.82 Å². The minimum absolute atomic E-state index is 0.212. The number of pyridine rings is 3. The first-order chi connectivity index (χ1) is 16.8. The van der Waals surface area contributed by atoms with Gasteiger partial charge in [0.2, 0.25) is 10.0 Å². The van der Waals surface area contributed by atoms with Gasteiger partial charge in [-0.25, -0.2) is 17.7 Å². The van der Waals surface area contributed by atoms with Crippen LogP contribution in [-0.2, 0) is 10.0 Å². The zero-order chi connectivity index (χ0) is 24.6. The lowest BCUT2D eigenvalue weighted by Gasteiger charge is -2.30. The van der Waals surface area contributed by atoms with Crippen LogP contribution in [0.3, 0.4) is 0 Å². The second-order valence-corrected chi connectivity index (χ2v) is 11.0. The highest BCUT2D eigenvalue weighted by molar-refractivity contribution is 7.88. The van der Waals surface area contributed by atoms with Crippen LogP contribution in [0.5, 0.6) is 0 Å². The molecule has 1 aliphatic heterocycles. The number of nitrogens with one attached hydrogen (secondary N) is 2. The molecule has 0 saturated carbocycles. The maximum absolute atomic E-state index is 12.7. The average molecular weight is 490 g/mol. The lowest BCUT2D eigenvalue weighted by Crippen LogP contribution is -2.37. The molecule has 0 unspecified atom stereocenters. The monoisotopic (exact) mass is 489 g/mol. The minimum Gasteiger partial charge on any atom is -0.340 e. The fourth-order valence-corrected chi connectivity index (χ4v) is 5.49. The molecule has 4 heterocycles. The number of rotatable bonds is 5. The first-order valence-electron chi connectivity index (χ1n) is 11.6. The number of hydrogen-bond donors (Lipinski definition) is 2. The summed E-state index contributed by atoms with van der Waals surface area (Å²) in [6.45, 7) is 3.02. The Morgan fingerprint density at radius 2 is 1.74 bits per heavy atom. The van der Waals surface area contributed by atoms with Crippen molar-refractivity contribution in [1.29, 1.82) is 0 Å². The van der Waals surface area contributed by atoms with Crippen LogP contribution >= 0.6 is 0 Å². The Hall–Kier alpha value is -3.56. The molecular weight excluding hydrogens is 462 g/mol. The van der Waals surface area contributed by atoms with E-state index in [9.17, 15) is 13.2 Å². The second-order valence-electron chi connectivity index (χ2n) is 8.97. The van der Waals surface area contributed by atoms with Crippen molar-refractivity contribution in [3.63, 3.8) is 0 Å². The largest absolute Gasteiger partial charge is 0.340 e. The number of hydrogen-bond acceptors (Lipinski definition) is 6. The van der Waals surface area contributed by atoms with Gasteiger partial charge in [-0.15, -0.1) is 0 Å². The third-order valence-electron chi connectivity index (χ3n) is 6.47. The number of aromatic nitrogens is 3. The SMILES string of the molecule is Cc1cccc(-c2cc3cc[nH]c(=O)c3c(Nc3ccc(C4CCN(S(C)(=O)=O)CC4)cc3)n2)n1. The zero-order valence-corrected chi connectivity index (χ0v) is 20.5. The van der Waals surface area contributed by atoms with E-state index in [4.69, 9.17) is 4.98 Å². The van der Waals surface area contributed by atoms with Gasteiger partial charge < -0.3 is 10.3 Å². The third-order valence-corrected chi connectivity index (χ3v) is 7.78. The van der Waals surface area contributed by atoms with E-state index in [2.05, 4.69) is 27.4 Å². The van der Waals surface area contributed by atoms with Crippen molar-refractivity contribution in [3.8, 4) is 11.4 Å². The zero-order valence-electron chi connectivity index (χ0n) is 19.7. The maximum Gasteiger partial charge on any atom is 0.259 e. The molecule has 5 rings (SSSR count). The van der Waals surface area contributed by atoms with Crippen molar-refractivity contribution >= 4 is 32.3 Å². The lowest BCUT2D eigenvalue weighted by molar-refractivity contribution is 0.321. The third kappa shape index (κ3) is 4.96. The molecule has 1 aliphatic rings. The number of aryl methyl sites for hydroxylation is 1. The van der Waals surface area contributed by atoms with Crippen molar-refractivity contribution in [2.45, 2.75) is 25.7 Å². The van der Waals surface area contributed by atoms with Crippen LogP contribution in [0, 0.1) is 6.92 Å². The van der Waals surface area contributed by atoms with Crippen LogP contribution in [-0.4, -0.2) is 47.0 Å². The fraction of sp³-hybridized carbons (Fsp3) is 0.269. The summed E-state index contributed by atoms with van der Waals surface area (Å²) < 4.78 is 25.1. The molecule has 0 spiro atoms. The average Bonchev–Trinajstić information content (AvgIpc) is 2.84. The van der Waals surface area contributed by atoms with Gasteiger partial charge in [-0.05, 0) is 73.0 Å². The van der Waals surface area contributed by atoms with Gasteiger partial charge >= 0.3 is 0 Å². The fourth-order valence-electron chi connectivity index (χ4n) is 4.62. The van der Waals surface area contributed by atoms with Crippen LogP contribution in [0.4, 0.5) is 11.5 Å². The number of piperidine rings is 1. The van der Waals surface area contributed by atoms with Gasteiger partial charge in [-0.2, -0.15) is 0 Å². The van der Waals surface area contributed by atoms with Crippen LogP contribution in [0.25, 0.3) is 22.2 Å². The summed E-state index contributed by atoms with van der Waals surface area (Å²) in [6, 6.07) is 17.6. The standard InChI is InChI=1S/C26H27N5O3S/c1-17-4-3-5-22(28-17)23-16-20-10-13-27-26(32)24(20)25(30-23)29-21-8-6-18(7-9-21)19-11-14-31(15-12-19)35(2,33)34/h3-10,13,16,19H,11-12,14-15H2,1-2H3,(H,27,32)(H,29,30). The molecule has 0 aliphatic carbocycles. The number of nitrogens with zero attached hydrogens (tertiary/aromatic N) is 3. The number of anilines is 2. The Balaban J connectivity index is 1.43. The molecule has 180 valence electrons. The highest BCUT2D eigenvalue weighted by Crippen LogP contribution is 2.31. The first-order valence-corrected chi connectivity index (χ1v) is 13.4. The minimum atomic E-state index is -3.14. The van der Waals surface area contributed by atoms with E-state index in [0.717, 1.165) is 35.3 Å². The van der Waals surface area contributed by atoms with Crippen molar-refractivity contribution in [2.75, 3.05) is 24.7 Å². The van der Waals surface area contributed by atoms with Gasteiger partial charge in [-0.3, -0.25) is 9.78 Å². The lowest BCUT2D eigenvalue weighted by atomic mass is 9.90. The molecule has 0 atom stereocenters. The summed E-state index contributed by atoms with van der Waals surface area (Å²) >= 11 is 0. The number of sulfonamides is 1. The van der Waals surface area contributed by atoms with Crippen LogP contribution in [0.15, 0.2) is 65.6 Å². The van der Waals surface area contributed by atoms with E-state index in [1.807, 2.05) is 49.4 Å². The normalized spacial score (nSPS) is 15.4.